The molecule has 0 aromatic carbocycles. The Hall–Kier alpha value is -5.23. The first-order chi connectivity index (χ1) is 33.0. The molecular formula is C61H90O6. The quantitative estimate of drug-likeness (QED) is 0.0199. The second-order valence-corrected chi connectivity index (χ2v) is 16.2. The summed E-state index contributed by atoms with van der Waals surface area (Å²) in [6.45, 7) is 6.10. The second-order valence-electron chi connectivity index (χ2n) is 16.2. The Balaban J connectivity index is 4.59. The van der Waals surface area contributed by atoms with Crippen LogP contribution in [-0.4, -0.2) is 37.2 Å². The van der Waals surface area contributed by atoms with Gasteiger partial charge in [0, 0.05) is 19.3 Å². The number of esters is 3. The number of hydrogen-bond acceptors (Lipinski definition) is 6. The van der Waals surface area contributed by atoms with Crippen molar-refractivity contribution in [3.8, 4) is 0 Å². The molecule has 0 aromatic rings. The first-order valence-electron chi connectivity index (χ1n) is 25.8. The number of allylic oxidation sites excluding steroid dienone is 28. The van der Waals surface area contributed by atoms with Gasteiger partial charge in [0.2, 0.25) is 0 Å². The molecule has 0 rings (SSSR count). The predicted molar refractivity (Wildman–Crippen MR) is 288 cm³/mol. The van der Waals surface area contributed by atoms with Crippen LogP contribution >= 0.6 is 0 Å². The number of unbranched alkanes of at least 4 members (excludes halogenated alkanes) is 13. The molecule has 0 saturated carbocycles. The van der Waals surface area contributed by atoms with E-state index in [-0.39, 0.29) is 44.0 Å². The minimum absolute atomic E-state index is 0.131. The van der Waals surface area contributed by atoms with E-state index in [0.717, 1.165) is 83.5 Å². The molecule has 0 fully saturated rings. The van der Waals surface area contributed by atoms with Gasteiger partial charge in [-0.25, -0.2) is 0 Å². The molecule has 0 aliphatic heterocycles. The highest BCUT2D eigenvalue weighted by Gasteiger charge is 2.19. The maximum atomic E-state index is 12.8. The van der Waals surface area contributed by atoms with Gasteiger partial charge in [-0.15, -0.1) is 0 Å². The van der Waals surface area contributed by atoms with Gasteiger partial charge in [0.25, 0.3) is 0 Å². The summed E-state index contributed by atoms with van der Waals surface area (Å²) in [6, 6.07) is 0. The Kier molecular flexibility index (Phi) is 49.2. The van der Waals surface area contributed by atoms with Crippen LogP contribution < -0.4 is 0 Å². The molecule has 67 heavy (non-hydrogen) atoms. The van der Waals surface area contributed by atoms with Crippen molar-refractivity contribution in [2.45, 2.75) is 181 Å². The van der Waals surface area contributed by atoms with Gasteiger partial charge < -0.3 is 14.2 Å². The topological polar surface area (TPSA) is 78.9 Å². The van der Waals surface area contributed by atoms with Crippen LogP contribution in [0, 0.1) is 0 Å². The summed E-state index contributed by atoms with van der Waals surface area (Å²) in [6.07, 6.45) is 79.1. The molecule has 0 spiro atoms. The van der Waals surface area contributed by atoms with Gasteiger partial charge in [0.1, 0.15) is 13.2 Å². The maximum Gasteiger partial charge on any atom is 0.306 e. The van der Waals surface area contributed by atoms with Crippen molar-refractivity contribution in [2.75, 3.05) is 13.2 Å². The zero-order valence-electron chi connectivity index (χ0n) is 42.1. The van der Waals surface area contributed by atoms with E-state index in [1.54, 1.807) is 0 Å². The molecule has 0 radical (unpaired) electrons. The summed E-state index contributed by atoms with van der Waals surface area (Å²) in [7, 11) is 0. The number of rotatable bonds is 43. The molecule has 0 saturated heterocycles. The lowest BCUT2D eigenvalue weighted by atomic mass is 10.1. The van der Waals surface area contributed by atoms with E-state index in [0.29, 0.717) is 19.3 Å². The Morgan fingerprint density at radius 2 is 0.627 bits per heavy atom. The number of hydrogen-bond donors (Lipinski definition) is 0. The van der Waals surface area contributed by atoms with Gasteiger partial charge in [-0.3, -0.25) is 14.4 Å². The average molecular weight is 919 g/mol. The van der Waals surface area contributed by atoms with Crippen molar-refractivity contribution >= 4 is 17.9 Å². The second kappa shape index (κ2) is 53.4. The van der Waals surface area contributed by atoms with E-state index in [1.165, 1.54) is 38.5 Å². The van der Waals surface area contributed by atoms with Gasteiger partial charge in [0.15, 0.2) is 6.10 Å². The molecule has 0 aliphatic rings. The van der Waals surface area contributed by atoms with Crippen LogP contribution in [0.3, 0.4) is 0 Å². The van der Waals surface area contributed by atoms with E-state index in [1.807, 2.05) is 115 Å². The van der Waals surface area contributed by atoms with Crippen LogP contribution in [-0.2, 0) is 28.6 Å². The molecule has 1 atom stereocenters. The zero-order chi connectivity index (χ0) is 48.6. The largest absolute Gasteiger partial charge is 0.462 e. The summed E-state index contributed by atoms with van der Waals surface area (Å²) in [5.74, 6) is -1.07. The number of carbonyl (C=O) groups is 3. The van der Waals surface area contributed by atoms with Gasteiger partial charge in [-0.1, -0.05) is 242 Å². The molecular weight excluding hydrogens is 829 g/mol. The zero-order valence-corrected chi connectivity index (χ0v) is 42.1. The highest BCUT2D eigenvalue weighted by molar-refractivity contribution is 5.71. The Morgan fingerprint density at radius 1 is 0.313 bits per heavy atom. The summed E-state index contributed by atoms with van der Waals surface area (Å²) >= 11 is 0. The average Bonchev–Trinajstić information content (AvgIpc) is 3.33. The van der Waals surface area contributed by atoms with Gasteiger partial charge in [-0.05, 0) is 83.5 Å². The van der Waals surface area contributed by atoms with Crippen LogP contribution in [0.1, 0.15) is 175 Å². The smallest absolute Gasteiger partial charge is 0.306 e. The van der Waals surface area contributed by atoms with Crippen LogP contribution in [0.4, 0.5) is 0 Å². The molecule has 0 bridgehead atoms. The van der Waals surface area contributed by atoms with Crippen LogP contribution in [0.2, 0.25) is 0 Å². The third-order valence-corrected chi connectivity index (χ3v) is 9.99. The third-order valence-electron chi connectivity index (χ3n) is 9.99. The normalized spacial score (nSPS) is 13.5. The Labute approximate surface area is 409 Å². The molecule has 6 nitrogen and oxygen atoms in total. The molecule has 0 aliphatic carbocycles. The van der Waals surface area contributed by atoms with Crippen molar-refractivity contribution in [2.24, 2.45) is 0 Å². The summed E-state index contributed by atoms with van der Waals surface area (Å²) in [5.41, 5.74) is 0. The fourth-order valence-corrected chi connectivity index (χ4v) is 6.22. The highest BCUT2D eigenvalue weighted by Crippen LogP contribution is 2.13. The van der Waals surface area contributed by atoms with Crippen molar-refractivity contribution in [3.63, 3.8) is 0 Å². The fourth-order valence-electron chi connectivity index (χ4n) is 6.22. The van der Waals surface area contributed by atoms with Gasteiger partial charge >= 0.3 is 17.9 Å². The lowest BCUT2D eigenvalue weighted by molar-refractivity contribution is -0.167. The first-order valence-corrected chi connectivity index (χ1v) is 25.8. The lowest BCUT2D eigenvalue weighted by Crippen LogP contribution is -2.30. The van der Waals surface area contributed by atoms with E-state index < -0.39 is 6.10 Å². The summed E-state index contributed by atoms with van der Waals surface area (Å²) in [4.78, 5) is 38.0. The third kappa shape index (κ3) is 51.6. The van der Waals surface area contributed by atoms with Crippen molar-refractivity contribution < 1.29 is 28.6 Å². The molecule has 0 N–H and O–H groups in total. The monoisotopic (exact) mass is 919 g/mol. The van der Waals surface area contributed by atoms with E-state index >= 15 is 0 Å². The Bertz CT molecular complexity index is 1620. The molecule has 0 amide bonds. The molecule has 1 unspecified atom stereocenters. The van der Waals surface area contributed by atoms with E-state index in [2.05, 4.69) is 75.5 Å². The maximum absolute atomic E-state index is 12.8. The molecule has 0 heterocycles. The van der Waals surface area contributed by atoms with Crippen LogP contribution in [0.15, 0.2) is 170 Å². The standard InChI is InChI=1S/C61H90O6/c1-4-7-10-13-16-19-22-25-27-29-30-32-33-36-39-42-45-48-51-54-60(63)66-57-58(56-65-59(62)53-50-47-44-41-38-35-24-21-18-15-12-9-6-3)67-61(64)55-52-49-46-43-40-37-34-31-28-26-23-20-17-14-11-8-5-2/h7-12,14-21,23-28,31,34-35,37-38,40-41,44,58H,4-6,13,22,29-30,32-33,36,39,42-43,45-57H2,1-3H3/b10-7-,11-8-,12-9-,17-14-,18-15-,19-16-,23-20-,24-21-,27-25-,28-26-,34-31+,38-35-,40-37-,44-41-. The van der Waals surface area contributed by atoms with Gasteiger partial charge in [0.05, 0.1) is 0 Å². The number of carbonyl (C=O) groups excluding carboxylic acids is 3. The Morgan fingerprint density at radius 3 is 1.09 bits per heavy atom. The predicted octanol–water partition coefficient (Wildman–Crippen LogP) is 17.2. The SMILES string of the molecule is CC\C=C/C=C\C=C/C=C\C=C/CCCC(=O)OCC(COC(=O)CCCCCCCCCCC/C=C\C/C=C\C/C=C\CC)OC(=O)CCCCC\C=C/C=C/C=C\C=C/C=C\C=C/CC. The number of ether oxygens (including phenoxy) is 3. The summed E-state index contributed by atoms with van der Waals surface area (Å²) < 4.78 is 16.7. The molecule has 370 valence electrons. The first kappa shape index (κ1) is 61.8. The summed E-state index contributed by atoms with van der Waals surface area (Å²) in [5, 5.41) is 0. The van der Waals surface area contributed by atoms with Crippen molar-refractivity contribution in [3.05, 3.63) is 170 Å². The van der Waals surface area contributed by atoms with Gasteiger partial charge in [-0.2, -0.15) is 0 Å². The minimum Gasteiger partial charge on any atom is -0.462 e. The van der Waals surface area contributed by atoms with E-state index in [4.69, 9.17) is 14.2 Å². The van der Waals surface area contributed by atoms with Crippen LogP contribution in [0.25, 0.3) is 0 Å². The molecule has 6 heteroatoms. The van der Waals surface area contributed by atoms with Crippen molar-refractivity contribution in [1.29, 1.82) is 0 Å². The lowest BCUT2D eigenvalue weighted by Gasteiger charge is -2.18. The van der Waals surface area contributed by atoms with E-state index in [9.17, 15) is 14.4 Å². The highest BCUT2D eigenvalue weighted by atomic mass is 16.6. The van der Waals surface area contributed by atoms with Crippen molar-refractivity contribution in [1.82, 2.24) is 0 Å². The fraction of sp³-hybridized carbons (Fsp3) is 0.492. The minimum atomic E-state index is -0.842. The molecule has 0 aromatic heterocycles. The van der Waals surface area contributed by atoms with Crippen LogP contribution in [0.5, 0.6) is 0 Å².